The molecule has 3 nitrogen and oxygen atoms in total. The number of carbonyl (C=O) groups is 1. The number of nitrogens with two attached hydrogens (primary N) is 1. The van der Waals surface area contributed by atoms with Crippen molar-refractivity contribution in [3.63, 3.8) is 0 Å². The van der Waals surface area contributed by atoms with Crippen LogP contribution >= 0.6 is 0 Å². The van der Waals surface area contributed by atoms with E-state index in [0.29, 0.717) is 6.42 Å². The molecule has 0 radical (unpaired) electrons. The van der Waals surface area contributed by atoms with Crippen molar-refractivity contribution in [3.05, 3.63) is 0 Å². The second-order valence-corrected chi connectivity index (χ2v) is 7.90. The SMILES string of the molecule is CCCCCCCCCCCCCCCCCC(=O)NCCCCCN. The second kappa shape index (κ2) is 22.5. The first kappa shape index (κ1) is 25.4. The van der Waals surface area contributed by atoms with E-state index in [0.717, 1.165) is 38.8 Å². The van der Waals surface area contributed by atoms with Gasteiger partial charge < -0.3 is 11.1 Å². The Morgan fingerprint density at radius 3 is 1.50 bits per heavy atom. The van der Waals surface area contributed by atoms with Gasteiger partial charge in [0.05, 0.1) is 0 Å². The van der Waals surface area contributed by atoms with Crippen molar-refractivity contribution in [2.24, 2.45) is 5.73 Å². The van der Waals surface area contributed by atoms with Crippen LogP contribution in [0.2, 0.25) is 0 Å². The Morgan fingerprint density at radius 2 is 1.04 bits per heavy atom. The maximum absolute atomic E-state index is 11.7. The Morgan fingerprint density at radius 1 is 0.615 bits per heavy atom. The van der Waals surface area contributed by atoms with Crippen LogP contribution < -0.4 is 11.1 Å². The molecule has 0 aromatic carbocycles. The average molecular weight is 369 g/mol. The topological polar surface area (TPSA) is 55.1 Å². The van der Waals surface area contributed by atoms with E-state index in [-0.39, 0.29) is 5.91 Å². The Hall–Kier alpha value is -0.570. The van der Waals surface area contributed by atoms with Gasteiger partial charge in [-0.2, -0.15) is 0 Å². The van der Waals surface area contributed by atoms with Crippen LogP contribution in [0.25, 0.3) is 0 Å². The molecule has 0 aromatic rings. The Labute approximate surface area is 164 Å². The van der Waals surface area contributed by atoms with Crippen LogP contribution in [0.3, 0.4) is 0 Å². The molecule has 0 bridgehead atoms. The Balaban J connectivity index is 3.09. The fraction of sp³-hybridized carbons (Fsp3) is 0.957. The van der Waals surface area contributed by atoms with E-state index in [4.69, 9.17) is 5.73 Å². The molecule has 0 aliphatic carbocycles. The molecule has 0 atom stereocenters. The number of hydrogen-bond donors (Lipinski definition) is 2. The highest BCUT2D eigenvalue weighted by Gasteiger charge is 2.00. The molecule has 0 aromatic heterocycles. The number of nitrogens with one attached hydrogen (secondary N) is 1. The van der Waals surface area contributed by atoms with Gasteiger partial charge in [-0.3, -0.25) is 4.79 Å². The van der Waals surface area contributed by atoms with Gasteiger partial charge >= 0.3 is 0 Å². The van der Waals surface area contributed by atoms with Crippen LogP contribution in [0, 0.1) is 0 Å². The van der Waals surface area contributed by atoms with Crippen LogP contribution in [-0.2, 0) is 4.79 Å². The number of rotatable bonds is 21. The van der Waals surface area contributed by atoms with Gasteiger partial charge in [-0.25, -0.2) is 0 Å². The fourth-order valence-corrected chi connectivity index (χ4v) is 3.42. The maximum atomic E-state index is 11.7. The largest absolute Gasteiger partial charge is 0.356 e. The lowest BCUT2D eigenvalue weighted by Crippen LogP contribution is -2.24. The average Bonchev–Trinajstić information content (AvgIpc) is 2.64. The smallest absolute Gasteiger partial charge is 0.219 e. The molecule has 0 spiro atoms. The molecule has 0 saturated heterocycles. The van der Waals surface area contributed by atoms with E-state index in [1.54, 1.807) is 0 Å². The molecule has 0 aliphatic rings. The molecule has 0 fully saturated rings. The highest BCUT2D eigenvalue weighted by atomic mass is 16.1. The molecule has 1 amide bonds. The summed E-state index contributed by atoms with van der Waals surface area (Å²) in [6, 6.07) is 0. The number of carbonyl (C=O) groups excluding carboxylic acids is 1. The third-order valence-electron chi connectivity index (χ3n) is 5.21. The molecule has 156 valence electrons. The van der Waals surface area contributed by atoms with Gasteiger partial charge in [0.25, 0.3) is 0 Å². The summed E-state index contributed by atoms with van der Waals surface area (Å²) in [5.41, 5.74) is 5.45. The van der Waals surface area contributed by atoms with Crippen molar-refractivity contribution in [2.75, 3.05) is 13.1 Å². The third kappa shape index (κ3) is 21.5. The van der Waals surface area contributed by atoms with Crippen molar-refractivity contribution in [3.8, 4) is 0 Å². The van der Waals surface area contributed by atoms with Crippen LogP contribution in [0.1, 0.15) is 129 Å². The Kier molecular flexibility index (Phi) is 22.0. The lowest BCUT2D eigenvalue weighted by atomic mass is 10.0. The predicted octanol–water partition coefficient (Wildman–Crippen LogP) is 6.49. The fourth-order valence-electron chi connectivity index (χ4n) is 3.42. The van der Waals surface area contributed by atoms with Crippen molar-refractivity contribution >= 4 is 5.91 Å². The minimum Gasteiger partial charge on any atom is -0.356 e. The number of unbranched alkanes of at least 4 members (excludes halogenated alkanes) is 16. The predicted molar refractivity (Wildman–Crippen MR) is 115 cm³/mol. The zero-order chi connectivity index (χ0) is 19.1. The van der Waals surface area contributed by atoms with Gasteiger partial charge in [0, 0.05) is 13.0 Å². The molecular weight excluding hydrogens is 320 g/mol. The third-order valence-corrected chi connectivity index (χ3v) is 5.21. The molecule has 26 heavy (non-hydrogen) atoms. The van der Waals surface area contributed by atoms with Crippen molar-refractivity contribution in [1.29, 1.82) is 0 Å². The molecule has 0 heterocycles. The van der Waals surface area contributed by atoms with Gasteiger partial charge in [-0.05, 0) is 25.8 Å². The summed E-state index contributed by atoms with van der Waals surface area (Å²) >= 11 is 0. The monoisotopic (exact) mass is 368 g/mol. The van der Waals surface area contributed by atoms with Gasteiger partial charge in [-0.1, -0.05) is 103 Å². The van der Waals surface area contributed by atoms with Crippen LogP contribution in [0.15, 0.2) is 0 Å². The first-order chi connectivity index (χ1) is 12.8. The first-order valence-corrected chi connectivity index (χ1v) is 11.8. The zero-order valence-corrected chi connectivity index (χ0v) is 17.8. The van der Waals surface area contributed by atoms with Gasteiger partial charge in [0.2, 0.25) is 5.91 Å². The summed E-state index contributed by atoms with van der Waals surface area (Å²) in [7, 11) is 0. The van der Waals surface area contributed by atoms with E-state index < -0.39 is 0 Å². The number of amides is 1. The summed E-state index contributed by atoms with van der Waals surface area (Å²) < 4.78 is 0. The normalized spacial score (nSPS) is 11.0. The van der Waals surface area contributed by atoms with Crippen molar-refractivity contribution in [1.82, 2.24) is 5.32 Å². The molecule has 0 unspecified atom stereocenters. The Bertz CT molecular complexity index is 281. The summed E-state index contributed by atoms with van der Waals surface area (Å²) in [6.07, 6.45) is 24.4. The summed E-state index contributed by atoms with van der Waals surface area (Å²) in [6.45, 7) is 3.86. The van der Waals surface area contributed by atoms with Gasteiger partial charge in [0.15, 0.2) is 0 Å². The van der Waals surface area contributed by atoms with Crippen molar-refractivity contribution < 1.29 is 4.79 Å². The summed E-state index contributed by atoms with van der Waals surface area (Å²) in [4.78, 5) is 11.7. The van der Waals surface area contributed by atoms with E-state index in [9.17, 15) is 4.79 Å². The van der Waals surface area contributed by atoms with Crippen molar-refractivity contribution in [2.45, 2.75) is 129 Å². The minimum absolute atomic E-state index is 0.229. The quantitative estimate of drug-likeness (QED) is 0.227. The molecule has 3 heteroatoms. The lowest BCUT2D eigenvalue weighted by Gasteiger charge is -2.05. The number of hydrogen-bond acceptors (Lipinski definition) is 2. The minimum atomic E-state index is 0.229. The lowest BCUT2D eigenvalue weighted by molar-refractivity contribution is -0.121. The zero-order valence-electron chi connectivity index (χ0n) is 17.8. The molecule has 0 rings (SSSR count). The van der Waals surface area contributed by atoms with E-state index in [1.807, 2.05) is 0 Å². The van der Waals surface area contributed by atoms with E-state index in [2.05, 4.69) is 12.2 Å². The molecular formula is C23H48N2O. The highest BCUT2D eigenvalue weighted by Crippen LogP contribution is 2.13. The van der Waals surface area contributed by atoms with Gasteiger partial charge in [-0.15, -0.1) is 0 Å². The summed E-state index contributed by atoms with van der Waals surface area (Å²) in [5, 5.41) is 3.01. The standard InChI is InChI=1S/C23H48N2O/c1-2-3-4-5-6-7-8-9-10-11-12-13-14-15-17-20-23(26)25-22-19-16-18-21-24/h2-22,24H2,1H3,(H,25,26). The molecule has 0 saturated carbocycles. The maximum Gasteiger partial charge on any atom is 0.219 e. The van der Waals surface area contributed by atoms with Gasteiger partial charge in [0.1, 0.15) is 0 Å². The highest BCUT2D eigenvalue weighted by molar-refractivity contribution is 5.75. The summed E-state index contributed by atoms with van der Waals surface area (Å²) in [5.74, 6) is 0.229. The van der Waals surface area contributed by atoms with Crippen LogP contribution in [-0.4, -0.2) is 19.0 Å². The van der Waals surface area contributed by atoms with E-state index in [1.165, 1.54) is 89.9 Å². The van der Waals surface area contributed by atoms with E-state index >= 15 is 0 Å². The van der Waals surface area contributed by atoms with Crippen LogP contribution in [0.4, 0.5) is 0 Å². The molecule has 3 N–H and O–H groups in total. The second-order valence-electron chi connectivity index (χ2n) is 7.90. The van der Waals surface area contributed by atoms with Crippen LogP contribution in [0.5, 0.6) is 0 Å². The first-order valence-electron chi connectivity index (χ1n) is 11.8. The molecule has 0 aliphatic heterocycles.